The number of alkyl halides is 1. The Labute approximate surface area is 62.4 Å². The van der Waals surface area contributed by atoms with E-state index >= 15 is 0 Å². The zero-order chi connectivity index (χ0) is 7.82. The molecule has 0 saturated carbocycles. The molecule has 0 amide bonds. The summed E-state index contributed by atoms with van der Waals surface area (Å²) in [5.41, 5.74) is 0. The van der Waals surface area contributed by atoms with Crippen LogP contribution in [0.5, 0.6) is 0 Å². The van der Waals surface area contributed by atoms with Crippen molar-refractivity contribution >= 4 is 0 Å². The van der Waals surface area contributed by atoms with Gasteiger partial charge >= 0.3 is 0 Å². The monoisotopic (exact) mass is 148 g/mol. The van der Waals surface area contributed by atoms with Gasteiger partial charge in [-0.15, -0.1) is 0 Å². The Bertz CT molecular complexity index is 68.6. The first kappa shape index (κ1) is 9.85. The van der Waals surface area contributed by atoms with Crippen LogP contribution in [0.1, 0.15) is 6.92 Å². The fraction of sp³-hybridized carbons (Fsp3) is 1.00. The van der Waals surface area contributed by atoms with Crippen LogP contribution in [0.15, 0.2) is 0 Å². The molecule has 2 nitrogen and oxygen atoms in total. The normalized spacial score (nSPS) is 10.8. The first-order valence-corrected chi connectivity index (χ1v) is 3.76. The van der Waals surface area contributed by atoms with Crippen molar-refractivity contribution in [3.63, 3.8) is 0 Å². The predicted octanol–water partition coefficient (Wildman–Crippen LogP) is 0.497. The minimum atomic E-state index is -0.247. The van der Waals surface area contributed by atoms with Crippen LogP contribution in [0.3, 0.4) is 0 Å². The summed E-state index contributed by atoms with van der Waals surface area (Å²) < 4.78 is 11.7. The molecule has 0 atom stereocenters. The van der Waals surface area contributed by atoms with Gasteiger partial charge in [-0.05, 0) is 13.6 Å². The van der Waals surface area contributed by atoms with Crippen LogP contribution in [0.2, 0.25) is 0 Å². The number of hydrogen-bond donors (Lipinski definition) is 1. The molecule has 0 unspecified atom stereocenters. The van der Waals surface area contributed by atoms with E-state index in [1.165, 1.54) is 0 Å². The highest BCUT2D eigenvalue weighted by molar-refractivity contribution is 4.52. The smallest absolute Gasteiger partial charge is 0.102 e. The average Bonchev–Trinajstić information content (AvgIpc) is 1.89. The zero-order valence-corrected chi connectivity index (χ0v) is 6.86. The van der Waals surface area contributed by atoms with E-state index in [-0.39, 0.29) is 6.67 Å². The van der Waals surface area contributed by atoms with E-state index < -0.39 is 0 Å². The fourth-order valence-electron chi connectivity index (χ4n) is 0.703. The third-order valence-corrected chi connectivity index (χ3v) is 1.39. The van der Waals surface area contributed by atoms with Crippen molar-refractivity contribution in [3.05, 3.63) is 0 Å². The SMILES string of the molecule is CCNCCN(C)CCF. The van der Waals surface area contributed by atoms with Crippen LogP contribution in [0.4, 0.5) is 4.39 Å². The van der Waals surface area contributed by atoms with E-state index in [2.05, 4.69) is 12.2 Å². The summed E-state index contributed by atoms with van der Waals surface area (Å²) in [6.07, 6.45) is 0. The third-order valence-electron chi connectivity index (χ3n) is 1.39. The lowest BCUT2D eigenvalue weighted by molar-refractivity contribution is 0.295. The van der Waals surface area contributed by atoms with Crippen LogP contribution in [0, 0.1) is 0 Å². The summed E-state index contributed by atoms with van der Waals surface area (Å²) in [4.78, 5) is 1.97. The Balaban J connectivity index is 2.97. The molecule has 0 heterocycles. The maximum absolute atomic E-state index is 11.7. The Hall–Kier alpha value is -0.150. The number of rotatable bonds is 6. The zero-order valence-electron chi connectivity index (χ0n) is 6.86. The quantitative estimate of drug-likeness (QED) is 0.552. The standard InChI is InChI=1S/C7H17FN2/c1-3-9-5-7-10(2)6-4-8/h9H,3-7H2,1-2H3. The van der Waals surface area contributed by atoms with Crippen LogP contribution in [-0.4, -0.2) is 44.8 Å². The van der Waals surface area contributed by atoms with Gasteiger partial charge in [0, 0.05) is 19.6 Å². The first-order valence-electron chi connectivity index (χ1n) is 3.76. The summed E-state index contributed by atoms with van der Waals surface area (Å²) in [6.45, 7) is 5.23. The van der Waals surface area contributed by atoms with Gasteiger partial charge in [0.05, 0.1) is 0 Å². The molecule has 0 aliphatic rings. The molecule has 0 aromatic carbocycles. The molecule has 0 fully saturated rings. The second-order valence-electron chi connectivity index (χ2n) is 2.35. The molecule has 0 bridgehead atoms. The molecular weight excluding hydrogens is 131 g/mol. The number of hydrogen-bond acceptors (Lipinski definition) is 2. The van der Waals surface area contributed by atoms with Crippen LogP contribution < -0.4 is 5.32 Å². The van der Waals surface area contributed by atoms with Crippen LogP contribution in [0.25, 0.3) is 0 Å². The van der Waals surface area contributed by atoms with E-state index in [4.69, 9.17) is 0 Å². The van der Waals surface area contributed by atoms with Gasteiger partial charge in [0.25, 0.3) is 0 Å². The predicted molar refractivity (Wildman–Crippen MR) is 42.0 cm³/mol. The maximum atomic E-state index is 11.7. The van der Waals surface area contributed by atoms with Gasteiger partial charge in [-0.3, -0.25) is 0 Å². The van der Waals surface area contributed by atoms with Gasteiger partial charge in [0.1, 0.15) is 6.67 Å². The van der Waals surface area contributed by atoms with Crippen LogP contribution in [-0.2, 0) is 0 Å². The molecule has 0 aromatic rings. The third kappa shape index (κ3) is 5.98. The summed E-state index contributed by atoms with van der Waals surface area (Å²) in [6, 6.07) is 0. The molecule has 62 valence electrons. The highest BCUT2D eigenvalue weighted by Crippen LogP contribution is 1.79. The van der Waals surface area contributed by atoms with E-state index in [1.807, 2.05) is 11.9 Å². The lowest BCUT2D eigenvalue weighted by Gasteiger charge is -2.13. The van der Waals surface area contributed by atoms with Gasteiger partial charge in [-0.1, -0.05) is 6.92 Å². The van der Waals surface area contributed by atoms with Gasteiger partial charge in [0.2, 0.25) is 0 Å². The first-order chi connectivity index (χ1) is 4.81. The number of nitrogens with one attached hydrogen (secondary N) is 1. The Morgan fingerprint density at radius 2 is 2.10 bits per heavy atom. The molecule has 1 N–H and O–H groups in total. The van der Waals surface area contributed by atoms with Gasteiger partial charge in [-0.25, -0.2) is 4.39 Å². The van der Waals surface area contributed by atoms with Crippen molar-refractivity contribution in [2.24, 2.45) is 0 Å². The summed E-state index contributed by atoms with van der Waals surface area (Å²) >= 11 is 0. The van der Waals surface area contributed by atoms with Gasteiger partial charge in [0.15, 0.2) is 0 Å². The van der Waals surface area contributed by atoms with Crippen molar-refractivity contribution in [3.8, 4) is 0 Å². The second kappa shape index (κ2) is 6.96. The molecular formula is C7H17FN2. The van der Waals surface area contributed by atoms with Gasteiger partial charge < -0.3 is 10.2 Å². The highest BCUT2D eigenvalue weighted by atomic mass is 19.1. The molecule has 3 heteroatoms. The topological polar surface area (TPSA) is 15.3 Å². The molecule has 10 heavy (non-hydrogen) atoms. The molecule has 0 aliphatic carbocycles. The summed E-state index contributed by atoms with van der Waals surface area (Å²) in [5, 5.41) is 3.17. The minimum absolute atomic E-state index is 0.247. The van der Waals surface area contributed by atoms with E-state index in [1.54, 1.807) is 0 Å². The van der Waals surface area contributed by atoms with Crippen molar-refractivity contribution in [2.45, 2.75) is 6.92 Å². The van der Waals surface area contributed by atoms with E-state index in [0.717, 1.165) is 19.6 Å². The maximum Gasteiger partial charge on any atom is 0.102 e. The number of halogens is 1. The molecule has 0 aromatic heterocycles. The van der Waals surface area contributed by atoms with Crippen LogP contribution >= 0.6 is 0 Å². The Morgan fingerprint density at radius 3 is 2.60 bits per heavy atom. The lowest BCUT2D eigenvalue weighted by atomic mass is 10.5. The van der Waals surface area contributed by atoms with Crippen molar-refractivity contribution < 1.29 is 4.39 Å². The van der Waals surface area contributed by atoms with Crippen molar-refractivity contribution in [1.82, 2.24) is 10.2 Å². The Morgan fingerprint density at radius 1 is 1.40 bits per heavy atom. The van der Waals surface area contributed by atoms with Crippen molar-refractivity contribution in [1.29, 1.82) is 0 Å². The molecule has 0 rings (SSSR count). The Kier molecular flexibility index (Phi) is 6.86. The minimum Gasteiger partial charge on any atom is -0.316 e. The fourth-order valence-corrected chi connectivity index (χ4v) is 0.703. The number of nitrogens with zero attached hydrogens (tertiary/aromatic N) is 1. The van der Waals surface area contributed by atoms with Crippen molar-refractivity contribution in [2.75, 3.05) is 39.9 Å². The molecule has 0 spiro atoms. The largest absolute Gasteiger partial charge is 0.316 e. The van der Waals surface area contributed by atoms with E-state index in [9.17, 15) is 4.39 Å². The van der Waals surface area contributed by atoms with Gasteiger partial charge in [-0.2, -0.15) is 0 Å². The average molecular weight is 148 g/mol. The summed E-state index contributed by atoms with van der Waals surface area (Å²) in [5.74, 6) is 0. The number of likely N-dealkylation sites (N-methyl/N-ethyl adjacent to an activating group) is 2. The highest BCUT2D eigenvalue weighted by Gasteiger charge is 1.94. The second-order valence-corrected chi connectivity index (χ2v) is 2.35. The lowest BCUT2D eigenvalue weighted by Crippen LogP contribution is -2.30. The molecule has 0 aliphatic heterocycles. The molecule has 0 radical (unpaired) electrons. The summed E-state index contributed by atoms with van der Waals surface area (Å²) in [7, 11) is 1.93. The van der Waals surface area contributed by atoms with E-state index in [0.29, 0.717) is 6.54 Å². The molecule has 0 saturated heterocycles.